The first-order valence-corrected chi connectivity index (χ1v) is 24.1. The Morgan fingerprint density at radius 2 is 0.955 bits per heavy atom. The van der Waals surface area contributed by atoms with Crippen LogP contribution in [0.4, 0.5) is 17.2 Å². The molecule has 4 nitrogen and oxygen atoms in total. The van der Waals surface area contributed by atoms with Crippen LogP contribution in [0.1, 0.15) is 79.0 Å². The van der Waals surface area contributed by atoms with Gasteiger partial charge < -0.3 is 9.05 Å². The summed E-state index contributed by atoms with van der Waals surface area (Å²) in [4.78, 5) is 2.64. The van der Waals surface area contributed by atoms with Crippen molar-refractivity contribution in [2.45, 2.75) is 78.6 Å². The van der Waals surface area contributed by atoms with Crippen molar-refractivity contribution in [1.29, 1.82) is 0 Å². The van der Waals surface area contributed by atoms with Gasteiger partial charge in [0.05, 0.1) is 16.6 Å². The number of fused-ring (bicyclic) bond motifs is 13. The second-order valence-electron chi connectivity index (χ2n) is 22.2. The number of nitrogens with zero attached hydrogens (tertiary/aromatic N) is 4. The number of para-hydroxylation sites is 4. The summed E-state index contributed by atoms with van der Waals surface area (Å²) in [5, 5.41) is 6.43. The van der Waals surface area contributed by atoms with Crippen LogP contribution in [0.15, 0.2) is 170 Å². The van der Waals surface area contributed by atoms with Gasteiger partial charge in [0.25, 0.3) is 0 Å². The molecule has 0 bridgehead atoms. The Kier molecular flexibility index (Phi) is 8.18. The maximum atomic E-state index is 2.76. The SMILES string of the molecule is CC(C)(C)c1ccc(N2c3cc(C(C)(C)C)cc4c3B(c3c2n(-c2ccccc2)c2ccc(C(C)(C)C)cc32)n2c3ccccc3c3cc5c(c-4c32)c2ccccc2n5-c2ccccc2)cc1. The van der Waals surface area contributed by atoms with Crippen LogP contribution in [-0.2, 0) is 16.2 Å². The Bertz CT molecular complexity index is 3840. The van der Waals surface area contributed by atoms with E-state index < -0.39 is 0 Å². The third-order valence-corrected chi connectivity index (χ3v) is 15.0. The molecule has 11 aromatic rings. The molecule has 0 unspecified atom stereocenters. The Balaban J connectivity index is 1.29. The summed E-state index contributed by atoms with van der Waals surface area (Å²) in [5.74, 6) is 1.20. The van der Waals surface area contributed by atoms with Gasteiger partial charge in [0.2, 0.25) is 0 Å². The smallest absolute Gasteiger partial charge is 0.335 e. The van der Waals surface area contributed by atoms with Crippen molar-refractivity contribution in [3.63, 3.8) is 0 Å². The third kappa shape index (κ3) is 5.61. The van der Waals surface area contributed by atoms with E-state index in [1.54, 1.807) is 0 Å². The Morgan fingerprint density at radius 3 is 1.61 bits per heavy atom. The minimum atomic E-state index is -0.147. The zero-order valence-electron chi connectivity index (χ0n) is 40.0. The van der Waals surface area contributed by atoms with Gasteiger partial charge in [-0.15, -0.1) is 0 Å². The second kappa shape index (κ2) is 13.7. The third-order valence-electron chi connectivity index (χ3n) is 15.0. The maximum Gasteiger partial charge on any atom is 0.335 e. The van der Waals surface area contributed by atoms with E-state index in [4.69, 9.17) is 0 Å². The molecule has 326 valence electrons. The van der Waals surface area contributed by atoms with Crippen LogP contribution in [-0.4, -0.2) is 20.5 Å². The molecular weight excluding hydrogens is 812 g/mol. The largest absolute Gasteiger partial charge is 0.375 e. The fourth-order valence-corrected chi connectivity index (χ4v) is 11.7. The molecule has 0 saturated carbocycles. The molecule has 0 spiro atoms. The average molecular weight is 867 g/mol. The van der Waals surface area contributed by atoms with Gasteiger partial charge in [-0.05, 0) is 122 Å². The summed E-state index contributed by atoms with van der Waals surface area (Å²) < 4.78 is 7.83. The highest BCUT2D eigenvalue weighted by Gasteiger charge is 2.47. The number of anilines is 3. The standard InChI is InChI=1S/C62H55BN4/c1-60(2,3)38-28-31-43(32-29-38)66-53-36-40(62(7,8)9)35-48-55-54-45-25-17-18-26-49(45)64(41-20-12-10-13-21-41)52(54)37-46-44-24-16-19-27-51(44)67(58(46)55)63(56(48)53)57-47-34-39(61(4,5)6)30-33-50(47)65(59(57)66)42-22-14-11-15-23-42/h10-37H,1-9H3. The summed E-state index contributed by atoms with van der Waals surface area (Å²) in [6.45, 7) is 21.0. The molecular formula is C62H55BN4. The molecule has 2 aliphatic rings. The average Bonchev–Trinajstić information content (AvgIpc) is 3.95. The van der Waals surface area contributed by atoms with Gasteiger partial charge in [0.1, 0.15) is 5.82 Å². The lowest BCUT2D eigenvalue weighted by Crippen LogP contribution is -2.57. The monoisotopic (exact) mass is 866 g/mol. The van der Waals surface area contributed by atoms with Crippen LogP contribution < -0.4 is 15.8 Å². The molecule has 13 rings (SSSR count). The first-order chi connectivity index (χ1) is 32.2. The first kappa shape index (κ1) is 40.1. The number of hydrogen-bond acceptors (Lipinski definition) is 1. The number of hydrogen-bond donors (Lipinski definition) is 0. The first-order valence-electron chi connectivity index (χ1n) is 24.1. The van der Waals surface area contributed by atoms with E-state index in [9.17, 15) is 0 Å². The predicted octanol–water partition coefficient (Wildman–Crippen LogP) is 15.1. The Labute approximate surface area is 393 Å². The van der Waals surface area contributed by atoms with Crippen LogP contribution in [0.5, 0.6) is 0 Å². The number of rotatable bonds is 3. The minimum absolute atomic E-state index is 0.0131. The van der Waals surface area contributed by atoms with E-state index in [-0.39, 0.29) is 23.1 Å². The molecule has 0 amide bonds. The summed E-state index contributed by atoms with van der Waals surface area (Å²) in [5.41, 5.74) is 20.1. The highest BCUT2D eigenvalue weighted by molar-refractivity contribution is 6.92. The van der Waals surface area contributed by atoms with Crippen molar-refractivity contribution >= 4 is 89.5 Å². The zero-order chi connectivity index (χ0) is 45.9. The molecule has 5 heterocycles. The maximum absolute atomic E-state index is 2.76. The Hall–Kier alpha value is -7.24. The summed E-state index contributed by atoms with van der Waals surface area (Å²) in [6, 6.07) is 64.7. The lowest BCUT2D eigenvalue weighted by Gasteiger charge is -2.41. The van der Waals surface area contributed by atoms with Crippen molar-refractivity contribution < 1.29 is 0 Å². The molecule has 0 N–H and O–H groups in total. The zero-order valence-corrected chi connectivity index (χ0v) is 40.0. The number of aromatic nitrogens is 3. The molecule has 67 heavy (non-hydrogen) atoms. The van der Waals surface area contributed by atoms with Gasteiger partial charge in [-0.3, -0.25) is 9.47 Å². The summed E-state index contributed by atoms with van der Waals surface area (Å²) in [7, 11) is 0. The van der Waals surface area contributed by atoms with E-state index in [1.807, 2.05) is 0 Å². The second-order valence-corrected chi connectivity index (χ2v) is 22.2. The molecule has 0 radical (unpaired) electrons. The highest BCUT2D eigenvalue weighted by atomic mass is 15.3. The molecule has 0 fully saturated rings. The van der Waals surface area contributed by atoms with E-state index in [1.165, 1.54) is 110 Å². The number of benzene rings is 8. The lowest BCUT2D eigenvalue weighted by molar-refractivity contribution is 0.590. The molecule has 8 aromatic carbocycles. The fraction of sp³-hybridized carbons (Fsp3) is 0.194. The van der Waals surface area contributed by atoms with Gasteiger partial charge >= 0.3 is 6.85 Å². The summed E-state index contributed by atoms with van der Waals surface area (Å²) >= 11 is 0. The topological polar surface area (TPSA) is 18.0 Å². The minimum Gasteiger partial charge on any atom is -0.375 e. The van der Waals surface area contributed by atoms with Gasteiger partial charge in [-0.25, -0.2) is 0 Å². The van der Waals surface area contributed by atoms with Crippen molar-refractivity contribution in [2.75, 3.05) is 4.90 Å². The van der Waals surface area contributed by atoms with Crippen LogP contribution in [0.3, 0.4) is 0 Å². The van der Waals surface area contributed by atoms with Crippen LogP contribution in [0.25, 0.3) is 77.0 Å². The van der Waals surface area contributed by atoms with Gasteiger partial charge in [0, 0.05) is 66.4 Å². The highest BCUT2D eigenvalue weighted by Crippen LogP contribution is 2.52. The van der Waals surface area contributed by atoms with Crippen LogP contribution in [0.2, 0.25) is 0 Å². The normalized spacial score (nSPS) is 13.7. The van der Waals surface area contributed by atoms with Crippen molar-refractivity contribution in [2.24, 2.45) is 0 Å². The van der Waals surface area contributed by atoms with Crippen LogP contribution >= 0.6 is 0 Å². The summed E-state index contributed by atoms with van der Waals surface area (Å²) in [6.07, 6.45) is 0. The molecule has 0 aliphatic carbocycles. The molecule has 5 heteroatoms. The molecule has 3 aromatic heterocycles. The van der Waals surface area contributed by atoms with Crippen molar-refractivity contribution in [3.8, 4) is 22.5 Å². The van der Waals surface area contributed by atoms with E-state index in [0.29, 0.717) is 0 Å². The van der Waals surface area contributed by atoms with Crippen molar-refractivity contribution in [1.82, 2.24) is 13.6 Å². The van der Waals surface area contributed by atoms with Gasteiger partial charge in [-0.2, -0.15) is 0 Å². The molecule has 0 saturated heterocycles. The Morgan fingerprint density at radius 1 is 0.388 bits per heavy atom. The lowest BCUT2D eigenvalue weighted by atomic mass is 9.45. The van der Waals surface area contributed by atoms with E-state index in [0.717, 1.165) is 11.4 Å². The fourth-order valence-electron chi connectivity index (χ4n) is 11.7. The van der Waals surface area contributed by atoms with Crippen molar-refractivity contribution in [3.05, 3.63) is 187 Å². The van der Waals surface area contributed by atoms with Gasteiger partial charge in [-0.1, -0.05) is 159 Å². The predicted molar refractivity (Wildman–Crippen MR) is 287 cm³/mol. The van der Waals surface area contributed by atoms with E-state index in [2.05, 4.69) is 251 Å². The van der Waals surface area contributed by atoms with E-state index >= 15 is 0 Å². The molecule has 2 aliphatic heterocycles. The quantitative estimate of drug-likeness (QED) is 0.162. The van der Waals surface area contributed by atoms with Crippen LogP contribution in [0, 0.1) is 0 Å². The molecule has 0 atom stereocenters. The van der Waals surface area contributed by atoms with Gasteiger partial charge in [0.15, 0.2) is 0 Å².